The standard InChI is InChI=1S/C12H20FN3/c1-4-7-16(9(2)3)12-11(13)10(8-14)5-6-15-12/h5-6,9H,4,7-8,14H2,1-3H3. The molecule has 0 amide bonds. The molecule has 0 saturated heterocycles. The molecule has 0 unspecified atom stereocenters. The van der Waals surface area contributed by atoms with E-state index in [1.54, 1.807) is 12.3 Å². The SMILES string of the molecule is CCCN(c1nccc(CN)c1F)C(C)C. The molecule has 0 saturated carbocycles. The number of aromatic nitrogens is 1. The van der Waals surface area contributed by atoms with E-state index in [9.17, 15) is 4.39 Å². The molecule has 0 bridgehead atoms. The molecular weight excluding hydrogens is 205 g/mol. The molecule has 0 aliphatic carbocycles. The van der Waals surface area contributed by atoms with E-state index in [1.165, 1.54) is 0 Å². The number of halogens is 1. The summed E-state index contributed by atoms with van der Waals surface area (Å²) < 4.78 is 14.0. The lowest BCUT2D eigenvalue weighted by molar-refractivity contribution is 0.575. The predicted octanol–water partition coefficient (Wildman–Crippen LogP) is 2.30. The molecule has 4 heteroatoms. The Balaban J connectivity index is 3.08. The summed E-state index contributed by atoms with van der Waals surface area (Å²) in [7, 11) is 0. The number of nitrogens with zero attached hydrogens (tertiary/aromatic N) is 2. The van der Waals surface area contributed by atoms with Crippen molar-refractivity contribution in [1.82, 2.24) is 4.98 Å². The van der Waals surface area contributed by atoms with Gasteiger partial charge in [-0.15, -0.1) is 0 Å². The maximum atomic E-state index is 14.0. The highest BCUT2D eigenvalue weighted by molar-refractivity contribution is 5.43. The van der Waals surface area contributed by atoms with E-state index >= 15 is 0 Å². The van der Waals surface area contributed by atoms with Crippen LogP contribution in [0.2, 0.25) is 0 Å². The van der Waals surface area contributed by atoms with E-state index in [0.29, 0.717) is 11.4 Å². The van der Waals surface area contributed by atoms with Crippen LogP contribution >= 0.6 is 0 Å². The highest BCUT2D eigenvalue weighted by Gasteiger charge is 2.17. The molecule has 3 nitrogen and oxygen atoms in total. The molecule has 0 aliphatic heterocycles. The maximum absolute atomic E-state index is 14.0. The second-order valence-electron chi connectivity index (χ2n) is 4.10. The van der Waals surface area contributed by atoms with Gasteiger partial charge in [-0.2, -0.15) is 0 Å². The summed E-state index contributed by atoms with van der Waals surface area (Å²) in [5.74, 6) is 0.131. The van der Waals surface area contributed by atoms with E-state index in [4.69, 9.17) is 5.73 Å². The van der Waals surface area contributed by atoms with Gasteiger partial charge in [0.25, 0.3) is 0 Å². The molecule has 0 fully saturated rings. The van der Waals surface area contributed by atoms with Crippen molar-refractivity contribution in [3.63, 3.8) is 0 Å². The summed E-state index contributed by atoms with van der Waals surface area (Å²) in [6, 6.07) is 1.86. The van der Waals surface area contributed by atoms with Crippen LogP contribution in [0.1, 0.15) is 32.8 Å². The third-order valence-corrected chi connectivity index (χ3v) is 2.53. The van der Waals surface area contributed by atoms with Crippen molar-refractivity contribution in [3.05, 3.63) is 23.6 Å². The number of nitrogens with two attached hydrogens (primary N) is 1. The lowest BCUT2D eigenvalue weighted by atomic mass is 10.2. The number of anilines is 1. The van der Waals surface area contributed by atoms with Gasteiger partial charge < -0.3 is 10.6 Å². The third-order valence-electron chi connectivity index (χ3n) is 2.53. The molecule has 0 spiro atoms. The van der Waals surface area contributed by atoms with Gasteiger partial charge in [0.05, 0.1) is 0 Å². The van der Waals surface area contributed by atoms with Gasteiger partial charge >= 0.3 is 0 Å². The molecule has 0 radical (unpaired) electrons. The van der Waals surface area contributed by atoms with E-state index in [0.717, 1.165) is 13.0 Å². The first kappa shape index (κ1) is 12.9. The van der Waals surface area contributed by atoms with E-state index < -0.39 is 0 Å². The molecule has 0 aliphatic rings. The van der Waals surface area contributed by atoms with Gasteiger partial charge in [0.15, 0.2) is 11.6 Å². The van der Waals surface area contributed by atoms with Crippen LogP contribution in [0, 0.1) is 5.82 Å². The first-order valence-electron chi connectivity index (χ1n) is 5.71. The van der Waals surface area contributed by atoms with E-state index in [2.05, 4.69) is 11.9 Å². The maximum Gasteiger partial charge on any atom is 0.170 e. The normalized spacial score (nSPS) is 10.9. The van der Waals surface area contributed by atoms with E-state index in [1.807, 2.05) is 18.7 Å². The monoisotopic (exact) mass is 225 g/mol. The minimum atomic E-state index is -0.285. The van der Waals surface area contributed by atoms with Crippen molar-refractivity contribution in [2.24, 2.45) is 5.73 Å². The van der Waals surface area contributed by atoms with Gasteiger partial charge in [0.2, 0.25) is 0 Å². The van der Waals surface area contributed by atoms with Crippen LogP contribution in [0.4, 0.5) is 10.2 Å². The zero-order chi connectivity index (χ0) is 12.1. The molecule has 16 heavy (non-hydrogen) atoms. The van der Waals surface area contributed by atoms with Crippen molar-refractivity contribution in [3.8, 4) is 0 Å². The summed E-state index contributed by atoms with van der Waals surface area (Å²) in [6.07, 6.45) is 2.58. The second kappa shape index (κ2) is 5.80. The molecule has 1 aromatic rings. The number of rotatable bonds is 5. The van der Waals surface area contributed by atoms with Gasteiger partial charge in [-0.1, -0.05) is 6.92 Å². The van der Waals surface area contributed by atoms with E-state index in [-0.39, 0.29) is 18.4 Å². The lowest BCUT2D eigenvalue weighted by Gasteiger charge is -2.28. The Bertz CT molecular complexity index is 339. The summed E-state index contributed by atoms with van der Waals surface area (Å²) in [5.41, 5.74) is 6.00. The van der Waals surface area contributed by atoms with Crippen LogP contribution in [-0.2, 0) is 6.54 Å². The van der Waals surface area contributed by atoms with Gasteiger partial charge in [0, 0.05) is 30.9 Å². The Kier molecular flexibility index (Phi) is 4.68. The highest BCUT2D eigenvalue weighted by atomic mass is 19.1. The van der Waals surface area contributed by atoms with Crippen molar-refractivity contribution in [2.75, 3.05) is 11.4 Å². The zero-order valence-electron chi connectivity index (χ0n) is 10.2. The third kappa shape index (κ3) is 2.70. The lowest BCUT2D eigenvalue weighted by Crippen LogP contribution is -2.33. The summed E-state index contributed by atoms with van der Waals surface area (Å²) >= 11 is 0. The Morgan fingerprint density at radius 2 is 2.19 bits per heavy atom. The molecule has 2 N–H and O–H groups in total. The fraction of sp³-hybridized carbons (Fsp3) is 0.583. The molecule has 0 atom stereocenters. The average molecular weight is 225 g/mol. The average Bonchev–Trinajstić information content (AvgIpc) is 2.26. The highest BCUT2D eigenvalue weighted by Crippen LogP contribution is 2.21. The van der Waals surface area contributed by atoms with Crippen molar-refractivity contribution < 1.29 is 4.39 Å². The van der Waals surface area contributed by atoms with Crippen LogP contribution in [0.5, 0.6) is 0 Å². The van der Waals surface area contributed by atoms with Crippen LogP contribution in [0.3, 0.4) is 0 Å². The predicted molar refractivity (Wildman–Crippen MR) is 64.9 cm³/mol. The van der Waals surface area contributed by atoms with Crippen molar-refractivity contribution in [1.29, 1.82) is 0 Å². The number of hydrogen-bond acceptors (Lipinski definition) is 3. The van der Waals surface area contributed by atoms with Gasteiger partial charge in [-0.05, 0) is 26.3 Å². The summed E-state index contributed by atoms with van der Waals surface area (Å²) in [6.45, 7) is 7.15. The Hall–Kier alpha value is -1.16. The van der Waals surface area contributed by atoms with Gasteiger partial charge in [-0.3, -0.25) is 0 Å². The zero-order valence-corrected chi connectivity index (χ0v) is 10.2. The van der Waals surface area contributed by atoms with Crippen LogP contribution in [-0.4, -0.2) is 17.6 Å². The first-order chi connectivity index (χ1) is 7.61. The Labute approximate surface area is 96.5 Å². The minimum Gasteiger partial charge on any atom is -0.352 e. The quantitative estimate of drug-likeness (QED) is 0.836. The molecule has 1 rings (SSSR count). The summed E-state index contributed by atoms with van der Waals surface area (Å²) in [4.78, 5) is 6.09. The van der Waals surface area contributed by atoms with Crippen molar-refractivity contribution in [2.45, 2.75) is 39.8 Å². The number of hydrogen-bond donors (Lipinski definition) is 1. The topological polar surface area (TPSA) is 42.2 Å². The molecular formula is C12H20FN3. The van der Waals surface area contributed by atoms with Crippen LogP contribution < -0.4 is 10.6 Å². The molecule has 0 aromatic carbocycles. The molecule has 1 aromatic heterocycles. The molecule has 90 valence electrons. The number of pyridine rings is 1. The van der Waals surface area contributed by atoms with Crippen LogP contribution in [0.15, 0.2) is 12.3 Å². The second-order valence-corrected chi connectivity index (χ2v) is 4.10. The fourth-order valence-corrected chi connectivity index (χ4v) is 1.68. The summed E-state index contributed by atoms with van der Waals surface area (Å²) in [5, 5.41) is 0. The smallest absolute Gasteiger partial charge is 0.170 e. The fourth-order valence-electron chi connectivity index (χ4n) is 1.68. The Morgan fingerprint density at radius 3 is 2.69 bits per heavy atom. The van der Waals surface area contributed by atoms with Gasteiger partial charge in [0.1, 0.15) is 0 Å². The molecule has 1 heterocycles. The van der Waals surface area contributed by atoms with Crippen molar-refractivity contribution >= 4 is 5.82 Å². The minimum absolute atomic E-state index is 0.208. The van der Waals surface area contributed by atoms with Crippen LogP contribution in [0.25, 0.3) is 0 Å². The Morgan fingerprint density at radius 1 is 1.50 bits per heavy atom. The largest absolute Gasteiger partial charge is 0.352 e. The van der Waals surface area contributed by atoms with Gasteiger partial charge in [-0.25, -0.2) is 9.37 Å². The first-order valence-corrected chi connectivity index (χ1v) is 5.71.